The number of hydrogen-bond donors (Lipinski definition) is 0. The molecular weight excluding hydrogens is 266 g/mol. The van der Waals surface area contributed by atoms with Gasteiger partial charge in [-0.2, -0.15) is 0 Å². The second kappa shape index (κ2) is 5.41. The van der Waals surface area contributed by atoms with Crippen LogP contribution in [0.25, 0.3) is 10.2 Å². The third kappa shape index (κ3) is 2.19. The van der Waals surface area contributed by atoms with E-state index in [1.54, 1.807) is 17.7 Å². The van der Waals surface area contributed by atoms with E-state index in [0.29, 0.717) is 6.04 Å². The van der Waals surface area contributed by atoms with Crippen molar-refractivity contribution >= 4 is 39.0 Å². The minimum Gasteiger partial charge on any atom is -0.352 e. The van der Waals surface area contributed by atoms with Gasteiger partial charge < -0.3 is 4.90 Å². The maximum absolute atomic E-state index is 5.93. The molecule has 0 bridgehead atoms. The molecular formula is C13H16ClN3S. The van der Waals surface area contributed by atoms with Crippen molar-refractivity contribution in [2.45, 2.75) is 31.7 Å². The van der Waals surface area contributed by atoms with E-state index in [2.05, 4.69) is 26.3 Å². The van der Waals surface area contributed by atoms with E-state index in [-0.39, 0.29) is 0 Å². The summed E-state index contributed by atoms with van der Waals surface area (Å²) < 4.78 is 1.21. The third-order valence-electron chi connectivity index (χ3n) is 3.57. The smallest absolute Gasteiger partial charge is 0.150 e. The number of anilines is 1. The first-order valence-corrected chi connectivity index (χ1v) is 7.82. The van der Waals surface area contributed by atoms with Crippen LogP contribution >= 0.6 is 22.9 Å². The highest BCUT2D eigenvalue weighted by atomic mass is 35.5. The Bertz CT molecular complexity index is 526. The van der Waals surface area contributed by atoms with Crippen LogP contribution in [-0.4, -0.2) is 28.4 Å². The van der Waals surface area contributed by atoms with Crippen molar-refractivity contribution in [3.8, 4) is 0 Å². The molecule has 1 aliphatic heterocycles. The van der Waals surface area contributed by atoms with Crippen LogP contribution in [0.2, 0.25) is 0 Å². The Hall–Kier alpha value is -0.870. The summed E-state index contributed by atoms with van der Waals surface area (Å²) in [7, 11) is 0. The Balaban J connectivity index is 1.98. The molecule has 0 spiro atoms. The van der Waals surface area contributed by atoms with Gasteiger partial charge in [0, 0.05) is 18.5 Å². The molecule has 2 aromatic heterocycles. The average Bonchev–Trinajstić information content (AvgIpc) is 2.88. The lowest BCUT2D eigenvalue weighted by atomic mass is 10.00. The molecule has 0 radical (unpaired) electrons. The number of halogens is 1. The van der Waals surface area contributed by atoms with Crippen molar-refractivity contribution in [1.82, 2.24) is 9.97 Å². The molecule has 1 atom stereocenters. The molecule has 0 aliphatic carbocycles. The van der Waals surface area contributed by atoms with Gasteiger partial charge in [0.15, 0.2) is 0 Å². The van der Waals surface area contributed by atoms with Crippen LogP contribution in [0.5, 0.6) is 0 Å². The van der Waals surface area contributed by atoms with E-state index in [4.69, 9.17) is 11.6 Å². The Morgan fingerprint density at radius 1 is 1.39 bits per heavy atom. The molecule has 1 aliphatic rings. The van der Waals surface area contributed by atoms with Crippen LogP contribution in [0.4, 0.5) is 5.82 Å². The lowest BCUT2D eigenvalue weighted by Gasteiger charge is -2.36. The average molecular weight is 282 g/mol. The molecule has 1 fully saturated rings. The molecule has 0 amide bonds. The van der Waals surface area contributed by atoms with Crippen molar-refractivity contribution < 1.29 is 0 Å². The minimum absolute atomic E-state index is 0.538. The molecule has 1 unspecified atom stereocenters. The summed E-state index contributed by atoms with van der Waals surface area (Å²) in [5.74, 6) is 1.82. The minimum atomic E-state index is 0.538. The number of aromatic nitrogens is 2. The highest BCUT2D eigenvalue weighted by Gasteiger charge is 2.24. The maximum atomic E-state index is 5.93. The van der Waals surface area contributed by atoms with Gasteiger partial charge in [-0.3, -0.25) is 0 Å². The molecule has 0 saturated carbocycles. The first kappa shape index (κ1) is 12.2. The van der Waals surface area contributed by atoms with E-state index < -0.39 is 0 Å². The highest BCUT2D eigenvalue weighted by molar-refractivity contribution is 7.17. The number of thiophene rings is 1. The van der Waals surface area contributed by atoms with E-state index >= 15 is 0 Å². The van der Waals surface area contributed by atoms with Crippen molar-refractivity contribution in [1.29, 1.82) is 0 Å². The molecule has 3 heterocycles. The van der Waals surface area contributed by atoms with Crippen molar-refractivity contribution in [2.75, 3.05) is 17.3 Å². The van der Waals surface area contributed by atoms with Gasteiger partial charge >= 0.3 is 0 Å². The van der Waals surface area contributed by atoms with Crippen molar-refractivity contribution in [3.05, 3.63) is 17.8 Å². The fraction of sp³-hybridized carbons (Fsp3) is 0.538. The van der Waals surface area contributed by atoms with Crippen LogP contribution in [0.1, 0.15) is 25.7 Å². The number of rotatable bonds is 3. The van der Waals surface area contributed by atoms with Crippen LogP contribution < -0.4 is 4.90 Å². The van der Waals surface area contributed by atoms with Crippen LogP contribution in [0.15, 0.2) is 17.8 Å². The summed E-state index contributed by atoms with van der Waals surface area (Å²) >= 11 is 7.66. The summed E-state index contributed by atoms with van der Waals surface area (Å²) in [6, 6.07) is 2.60. The van der Waals surface area contributed by atoms with Crippen molar-refractivity contribution in [2.24, 2.45) is 0 Å². The highest BCUT2D eigenvalue weighted by Crippen LogP contribution is 2.32. The number of nitrogens with zero attached hydrogens (tertiary/aromatic N) is 3. The second-order valence-electron chi connectivity index (χ2n) is 4.65. The first-order valence-electron chi connectivity index (χ1n) is 6.41. The monoisotopic (exact) mass is 281 g/mol. The van der Waals surface area contributed by atoms with E-state index in [9.17, 15) is 0 Å². The molecule has 18 heavy (non-hydrogen) atoms. The summed E-state index contributed by atoms with van der Waals surface area (Å²) in [5, 5.41) is 2.09. The molecule has 1 saturated heterocycles. The van der Waals surface area contributed by atoms with Gasteiger partial charge in [-0.1, -0.05) is 0 Å². The fourth-order valence-electron chi connectivity index (χ4n) is 2.69. The summed E-state index contributed by atoms with van der Waals surface area (Å²) in [6.07, 6.45) is 6.49. The van der Waals surface area contributed by atoms with Gasteiger partial charge in [0.05, 0.1) is 10.2 Å². The lowest BCUT2D eigenvalue weighted by Crippen LogP contribution is -2.40. The third-order valence-corrected chi connectivity index (χ3v) is 4.68. The van der Waals surface area contributed by atoms with Crippen molar-refractivity contribution in [3.63, 3.8) is 0 Å². The fourth-order valence-corrected chi connectivity index (χ4v) is 3.79. The van der Waals surface area contributed by atoms with Gasteiger partial charge in [-0.05, 0) is 37.1 Å². The van der Waals surface area contributed by atoms with E-state index in [1.807, 2.05) is 0 Å². The topological polar surface area (TPSA) is 29.0 Å². The predicted octanol–water partition coefficient (Wildman–Crippen LogP) is 3.68. The van der Waals surface area contributed by atoms with Crippen LogP contribution in [0.3, 0.4) is 0 Å². The molecule has 0 aromatic carbocycles. The molecule has 3 nitrogen and oxygen atoms in total. The predicted molar refractivity (Wildman–Crippen MR) is 77.7 cm³/mol. The number of piperidine rings is 1. The molecule has 0 N–H and O–H groups in total. The first-order chi connectivity index (χ1) is 8.90. The largest absolute Gasteiger partial charge is 0.352 e. The van der Waals surface area contributed by atoms with Gasteiger partial charge in [0.2, 0.25) is 0 Å². The Morgan fingerprint density at radius 3 is 3.22 bits per heavy atom. The van der Waals surface area contributed by atoms with Crippen LogP contribution in [0, 0.1) is 0 Å². The number of hydrogen-bond acceptors (Lipinski definition) is 4. The van der Waals surface area contributed by atoms with Gasteiger partial charge in [-0.25, -0.2) is 9.97 Å². The summed E-state index contributed by atoms with van der Waals surface area (Å²) in [4.78, 5) is 11.3. The van der Waals surface area contributed by atoms with E-state index in [0.717, 1.165) is 30.2 Å². The summed E-state index contributed by atoms with van der Waals surface area (Å²) in [5.41, 5.74) is 1.06. The molecule has 3 rings (SSSR count). The zero-order valence-electron chi connectivity index (χ0n) is 10.2. The standard InChI is InChI=1S/C13H16ClN3S/c14-6-4-10-3-1-2-7-17(10)13-12-11(5-8-18-12)15-9-16-13/h5,8-10H,1-4,6-7H2. The zero-order valence-corrected chi connectivity index (χ0v) is 11.8. The van der Waals surface area contributed by atoms with Gasteiger partial charge in [0.25, 0.3) is 0 Å². The number of alkyl halides is 1. The van der Waals surface area contributed by atoms with Gasteiger partial charge in [-0.15, -0.1) is 22.9 Å². The zero-order chi connectivity index (χ0) is 12.4. The Labute approximate surface area is 116 Å². The normalized spacial score (nSPS) is 20.5. The van der Waals surface area contributed by atoms with E-state index in [1.165, 1.54) is 24.0 Å². The number of fused-ring (bicyclic) bond motifs is 1. The Kier molecular flexibility index (Phi) is 3.66. The Morgan fingerprint density at radius 2 is 2.33 bits per heavy atom. The maximum Gasteiger partial charge on any atom is 0.150 e. The molecule has 96 valence electrons. The molecule has 2 aromatic rings. The van der Waals surface area contributed by atoms with Crippen LogP contribution in [-0.2, 0) is 0 Å². The molecule has 5 heteroatoms. The lowest BCUT2D eigenvalue weighted by molar-refractivity contribution is 0.449. The second-order valence-corrected chi connectivity index (χ2v) is 5.95. The summed E-state index contributed by atoms with van der Waals surface area (Å²) in [6.45, 7) is 1.09. The van der Waals surface area contributed by atoms with Gasteiger partial charge in [0.1, 0.15) is 12.1 Å². The quantitative estimate of drug-likeness (QED) is 0.804. The SMILES string of the molecule is ClCCC1CCCCN1c1ncnc2ccsc12.